The standard InChI is InChI=1S/C50H27N3S2/c1-3-15-34-30(11-1)31-12-2-4-16-35(31)49-47(34)48(29-22-23-44-39(26-29)33-14-6-9-19-42(33)54-44)51-50(52-49)53-40-18-8-5-13-32(40)38-25-28-21-24-45-46(37(28)27-41(38)53)36-17-7-10-20-43(36)55-45/h1-27H. The van der Waals surface area contributed by atoms with Gasteiger partial charge in [-0.1, -0.05) is 115 Å². The van der Waals surface area contributed by atoms with Crippen molar-refractivity contribution in [2.45, 2.75) is 0 Å². The van der Waals surface area contributed by atoms with E-state index in [9.17, 15) is 0 Å². The van der Waals surface area contributed by atoms with Crippen molar-refractivity contribution in [3.8, 4) is 17.2 Å². The Hall–Kier alpha value is -6.66. The lowest BCUT2D eigenvalue weighted by Gasteiger charge is -2.16. The monoisotopic (exact) mass is 733 g/mol. The first-order valence-corrected chi connectivity index (χ1v) is 20.2. The van der Waals surface area contributed by atoms with Crippen LogP contribution in [0.3, 0.4) is 0 Å². The van der Waals surface area contributed by atoms with Crippen LogP contribution in [0.5, 0.6) is 0 Å². The van der Waals surface area contributed by atoms with E-state index in [1.54, 1.807) is 0 Å². The number of rotatable bonds is 2. The van der Waals surface area contributed by atoms with Gasteiger partial charge in [0.2, 0.25) is 5.95 Å². The highest BCUT2D eigenvalue weighted by Crippen LogP contribution is 2.44. The van der Waals surface area contributed by atoms with Crippen molar-refractivity contribution in [1.29, 1.82) is 0 Å². The van der Waals surface area contributed by atoms with Gasteiger partial charge in [-0.3, -0.25) is 4.57 Å². The number of benzene rings is 9. The minimum atomic E-state index is 0.672. The molecular formula is C50H27N3S2. The van der Waals surface area contributed by atoms with Crippen molar-refractivity contribution >= 4 is 128 Å². The lowest BCUT2D eigenvalue weighted by Crippen LogP contribution is -2.04. The molecule has 55 heavy (non-hydrogen) atoms. The summed E-state index contributed by atoms with van der Waals surface area (Å²) in [4.78, 5) is 11.3. The van der Waals surface area contributed by atoms with Crippen molar-refractivity contribution in [2.75, 3.05) is 0 Å². The molecule has 0 bridgehead atoms. The zero-order chi connectivity index (χ0) is 35.8. The van der Waals surface area contributed by atoms with Crippen LogP contribution in [0.1, 0.15) is 0 Å². The van der Waals surface area contributed by atoms with E-state index in [4.69, 9.17) is 9.97 Å². The van der Waals surface area contributed by atoms with Crippen LogP contribution < -0.4 is 0 Å². The van der Waals surface area contributed by atoms with E-state index in [-0.39, 0.29) is 0 Å². The maximum Gasteiger partial charge on any atom is 0.235 e. The second-order valence-electron chi connectivity index (χ2n) is 14.5. The van der Waals surface area contributed by atoms with Gasteiger partial charge in [0.15, 0.2) is 0 Å². The molecule has 254 valence electrons. The van der Waals surface area contributed by atoms with Crippen molar-refractivity contribution in [3.63, 3.8) is 0 Å². The fourth-order valence-electron chi connectivity index (χ4n) is 9.17. The van der Waals surface area contributed by atoms with Crippen LogP contribution in [0.4, 0.5) is 0 Å². The molecule has 9 aromatic carbocycles. The van der Waals surface area contributed by atoms with Gasteiger partial charge in [0.1, 0.15) is 0 Å². The van der Waals surface area contributed by atoms with Gasteiger partial charge < -0.3 is 0 Å². The van der Waals surface area contributed by atoms with Gasteiger partial charge in [-0.05, 0) is 75.5 Å². The molecule has 0 radical (unpaired) electrons. The Morgan fingerprint density at radius 3 is 1.82 bits per heavy atom. The molecule has 0 fully saturated rings. The van der Waals surface area contributed by atoms with Gasteiger partial charge in [-0.15, -0.1) is 22.7 Å². The summed E-state index contributed by atoms with van der Waals surface area (Å²) < 4.78 is 7.49. The Morgan fingerprint density at radius 1 is 0.364 bits per heavy atom. The minimum Gasteiger partial charge on any atom is -0.278 e. The first-order valence-electron chi connectivity index (χ1n) is 18.6. The number of aromatic nitrogens is 3. The highest BCUT2D eigenvalue weighted by Gasteiger charge is 2.22. The molecule has 0 aliphatic rings. The minimum absolute atomic E-state index is 0.672. The molecule has 0 aliphatic carbocycles. The molecule has 0 unspecified atom stereocenters. The lowest BCUT2D eigenvalue weighted by molar-refractivity contribution is 1.02. The number of hydrogen-bond donors (Lipinski definition) is 0. The van der Waals surface area contributed by atoms with Crippen LogP contribution in [0, 0.1) is 0 Å². The molecule has 0 spiro atoms. The molecular weight excluding hydrogens is 707 g/mol. The molecule has 4 aromatic heterocycles. The number of thiophene rings is 2. The van der Waals surface area contributed by atoms with Crippen molar-refractivity contribution in [1.82, 2.24) is 14.5 Å². The predicted molar refractivity (Wildman–Crippen MR) is 238 cm³/mol. The quantitative estimate of drug-likeness (QED) is 0.166. The summed E-state index contributed by atoms with van der Waals surface area (Å²) in [7, 11) is 0. The summed E-state index contributed by atoms with van der Waals surface area (Å²) in [5.74, 6) is 0.672. The van der Waals surface area contributed by atoms with E-state index in [1.807, 2.05) is 22.7 Å². The number of hydrogen-bond acceptors (Lipinski definition) is 4. The first-order chi connectivity index (χ1) is 27.3. The molecule has 3 nitrogen and oxygen atoms in total. The second kappa shape index (κ2) is 11.0. The third kappa shape index (κ3) is 4.09. The normalized spacial score (nSPS) is 12.4. The Bertz CT molecular complexity index is 3790. The Kier molecular flexibility index (Phi) is 5.93. The van der Waals surface area contributed by atoms with Gasteiger partial charge in [0, 0.05) is 67.5 Å². The molecule has 0 aliphatic heterocycles. The smallest absolute Gasteiger partial charge is 0.235 e. The number of para-hydroxylation sites is 1. The van der Waals surface area contributed by atoms with E-state index in [2.05, 4.69) is 168 Å². The molecule has 5 heteroatoms. The Morgan fingerprint density at radius 2 is 0.982 bits per heavy atom. The van der Waals surface area contributed by atoms with E-state index < -0.39 is 0 Å². The van der Waals surface area contributed by atoms with Gasteiger partial charge in [0.25, 0.3) is 0 Å². The first kappa shape index (κ1) is 29.8. The summed E-state index contributed by atoms with van der Waals surface area (Å²) in [5.41, 5.74) is 5.18. The fraction of sp³-hybridized carbons (Fsp3) is 0. The summed E-state index contributed by atoms with van der Waals surface area (Å²) in [5, 5.41) is 15.8. The molecule has 0 saturated heterocycles. The molecule has 13 aromatic rings. The van der Waals surface area contributed by atoms with E-state index in [1.165, 1.54) is 72.7 Å². The molecule has 4 heterocycles. The largest absolute Gasteiger partial charge is 0.278 e. The van der Waals surface area contributed by atoms with Crippen LogP contribution in [0.15, 0.2) is 164 Å². The fourth-order valence-corrected chi connectivity index (χ4v) is 11.4. The molecule has 0 atom stereocenters. The summed E-state index contributed by atoms with van der Waals surface area (Å²) >= 11 is 3.71. The van der Waals surface area contributed by atoms with Gasteiger partial charge >= 0.3 is 0 Å². The topological polar surface area (TPSA) is 30.7 Å². The van der Waals surface area contributed by atoms with Crippen LogP contribution in [-0.2, 0) is 0 Å². The van der Waals surface area contributed by atoms with E-state index in [0.29, 0.717) is 5.95 Å². The van der Waals surface area contributed by atoms with Crippen molar-refractivity contribution in [2.24, 2.45) is 0 Å². The summed E-state index contributed by atoms with van der Waals surface area (Å²) in [6.07, 6.45) is 0. The maximum absolute atomic E-state index is 5.68. The average Bonchev–Trinajstić information content (AvgIpc) is 3.92. The average molecular weight is 734 g/mol. The van der Waals surface area contributed by atoms with Crippen LogP contribution in [0.25, 0.3) is 123 Å². The van der Waals surface area contributed by atoms with Crippen molar-refractivity contribution in [3.05, 3.63) is 164 Å². The molecule has 13 rings (SSSR count). The third-order valence-electron chi connectivity index (χ3n) is 11.6. The molecule has 0 N–H and O–H groups in total. The lowest BCUT2D eigenvalue weighted by atomic mass is 9.94. The molecule has 0 saturated carbocycles. The van der Waals surface area contributed by atoms with Crippen LogP contribution in [-0.4, -0.2) is 14.5 Å². The van der Waals surface area contributed by atoms with Crippen LogP contribution >= 0.6 is 22.7 Å². The second-order valence-corrected chi connectivity index (χ2v) is 16.6. The third-order valence-corrected chi connectivity index (χ3v) is 13.9. The van der Waals surface area contributed by atoms with E-state index >= 15 is 0 Å². The van der Waals surface area contributed by atoms with Gasteiger partial charge in [-0.25, -0.2) is 9.97 Å². The highest BCUT2D eigenvalue weighted by atomic mass is 32.1. The Balaban J connectivity index is 1.21. The zero-order valence-corrected chi connectivity index (χ0v) is 30.9. The van der Waals surface area contributed by atoms with Gasteiger partial charge in [-0.2, -0.15) is 0 Å². The van der Waals surface area contributed by atoms with Crippen LogP contribution in [0.2, 0.25) is 0 Å². The van der Waals surface area contributed by atoms with Crippen molar-refractivity contribution < 1.29 is 0 Å². The highest BCUT2D eigenvalue weighted by molar-refractivity contribution is 7.26. The SMILES string of the molecule is c1ccc2c(c1)sc1ccc(-c3nc(-n4c5ccccc5c5cc6ccc7sc8ccccc8c7c6cc54)nc4c5ccccc5c5ccccc5c34)cc12. The molecule has 0 amide bonds. The van der Waals surface area contributed by atoms with Gasteiger partial charge in [0.05, 0.1) is 22.2 Å². The maximum atomic E-state index is 5.68. The zero-order valence-electron chi connectivity index (χ0n) is 29.2. The summed E-state index contributed by atoms with van der Waals surface area (Å²) in [6.45, 7) is 0. The summed E-state index contributed by atoms with van der Waals surface area (Å²) in [6, 6.07) is 59.9. The van der Waals surface area contributed by atoms with E-state index in [0.717, 1.165) is 44.0 Å². The Labute approximate surface area is 322 Å². The number of fused-ring (bicyclic) bond motifs is 17. The number of nitrogens with zero attached hydrogens (tertiary/aromatic N) is 3. The predicted octanol–water partition coefficient (Wildman–Crippen LogP) is 14.6.